The van der Waals surface area contributed by atoms with E-state index in [1.807, 2.05) is 24.3 Å². The minimum absolute atomic E-state index is 0.0442. The van der Waals surface area contributed by atoms with Gasteiger partial charge in [0.25, 0.3) is 0 Å². The van der Waals surface area contributed by atoms with Crippen LogP contribution < -0.4 is 4.74 Å². The van der Waals surface area contributed by atoms with Gasteiger partial charge in [0.1, 0.15) is 12.0 Å². The largest absolute Gasteiger partial charge is 0.497 e. The number of pyridine rings is 1. The quantitative estimate of drug-likeness (QED) is 0.478. The van der Waals surface area contributed by atoms with Crippen molar-refractivity contribution in [2.24, 2.45) is 11.8 Å². The second-order valence-electron chi connectivity index (χ2n) is 8.70. The van der Waals surface area contributed by atoms with Gasteiger partial charge in [-0.1, -0.05) is 0 Å². The number of fused-ring (bicyclic) bond motifs is 1. The maximum absolute atomic E-state index is 12.0. The molecule has 1 aliphatic heterocycles. The van der Waals surface area contributed by atoms with Crippen LogP contribution in [-0.4, -0.2) is 57.8 Å². The number of likely N-dealkylation sites (tertiary alicyclic amines) is 1. The Bertz CT molecular complexity index is 1060. The van der Waals surface area contributed by atoms with Gasteiger partial charge < -0.3 is 24.3 Å². The fourth-order valence-corrected chi connectivity index (χ4v) is 4.82. The number of aryl methyl sites for hydroxylation is 1. The summed E-state index contributed by atoms with van der Waals surface area (Å²) in [6.45, 7) is 2.23. The van der Waals surface area contributed by atoms with Gasteiger partial charge in [0.05, 0.1) is 30.8 Å². The highest BCUT2D eigenvalue weighted by Crippen LogP contribution is 2.33. The maximum atomic E-state index is 12.0. The number of aliphatic hydroxyl groups is 1. The van der Waals surface area contributed by atoms with Gasteiger partial charge in [-0.05, 0) is 74.5 Å². The number of oxazole rings is 1. The summed E-state index contributed by atoms with van der Waals surface area (Å²) in [5.74, 6) is 0.288. The van der Waals surface area contributed by atoms with E-state index in [0.717, 1.165) is 54.7 Å². The van der Waals surface area contributed by atoms with Crippen LogP contribution in [0.25, 0.3) is 10.9 Å². The topological polar surface area (TPSA) is 109 Å². The summed E-state index contributed by atoms with van der Waals surface area (Å²) >= 11 is 0. The monoisotopic (exact) mass is 453 g/mol. The Morgan fingerprint density at radius 1 is 1.30 bits per heavy atom. The number of carboxylic acids is 1. The van der Waals surface area contributed by atoms with Crippen molar-refractivity contribution in [1.29, 1.82) is 0 Å². The molecular weight excluding hydrogens is 422 g/mol. The van der Waals surface area contributed by atoms with Crippen molar-refractivity contribution >= 4 is 16.9 Å². The summed E-state index contributed by atoms with van der Waals surface area (Å²) in [5, 5.41) is 21.7. The predicted molar refractivity (Wildman–Crippen MR) is 123 cm³/mol. The molecule has 4 rings (SSSR count). The SMILES string of the molecule is COc1ccc2nccc(C(O)CC[C@@H]3CCN(CCCc4ncco4)C[C@@H]3C(=O)O)c2c1. The first kappa shape index (κ1) is 23.2. The van der Waals surface area contributed by atoms with Crippen LogP contribution in [0, 0.1) is 11.8 Å². The number of piperidine rings is 1. The van der Waals surface area contributed by atoms with E-state index < -0.39 is 18.0 Å². The molecular formula is C25H31N3O5. The predicted octanol–water partition coefficient (Wildman–Crippen LogP) is 3.70. The molecule has 1 saturated heterocycles. The van der Waals surface area contributed by atoms with Crippen LogP contribution in [0.4, 0.5) is 0 Å². The van der Waals surface area contributed by atoms with Crippen molar-refractivity contribution in [3.05, 3.63) is 54.4 Å². The van der Waals surface area contributed by atoms with Crippen LogP contribution >= 0.6 is 0 Å². The van der Waals surface area contributed by atoms with E-state index in [-0.39, 0.29) is 5.92 Å². The number of hydrogen-bond donors (Lipinski definition) is 2. The van der Waals surface area contributed by atoms with Crippen LogP contribution in [0.15, 0.2) is 47.3 Å². The lowest BCUT2D eigenvalue weighted by molar-refractivity contribution is -0.146. The summed E-state index contributed by atoms with van der Waals surface area (Å²) in [4.78, 5) is 22.7. The average molecular weight is 454 g/mol. The van der Waals surface area contributed by atoms with Crippen molar-refractivity contribution < 1.29 is 24.2 Å². The minimum Gasteiger partial charge on any atom is -0.497 e. The summed E-state index contributed by atoms with van der Waals surface area (Å²) in [5.41, 5.74) is 1.60. The Labute approximate surface area is 193 Å². The number of carboxylic acid groups (broad SMARTS) is 1. The molecule has 8 nitrogen and oxygen atoms in total. The number of aliphatic carboxylic acids is 1. The number of aromatic nitrogens is 2. The van der Waals surface area contributed by atoms with Gasteiger partial charge >= 0.3 is 5.97 Å². The van der Waals surface area contributed by atoms with Crippen LogP contribution in [-0.2, 0) is 11.2 Å². The van der Waals surface area contributed by atoms with Gasteiger partial charge in [-0.3, -0.25) is 9.78 Å². The molecule has 3 aromatic rings. The number of methoxy groups -OCH3 is 1. The van der Waals surface area contributed by atoms with E-state index in [9.17, 15) is 15.0 Å². The number of ether oxygens (including phenoxy) is 1. The number of carbonyl (C=O) groups is 1. The molecule has 3 heterocycles. The molecule has 1 aliphatic rings. The van der Waals surface area contributed by atoms with E-state index in [2.05, 4.69) is 14.9 Å². The lowest BCUT2D eigenvalue weighted by atomic mass is 9.81. The van der Waals surface area contributed by atoms with Crippen LogP contribution in [0.2, 0.25) is 0 Å². The molecule has 0 radical (unpaired) electrons. The van der Waals surface area contributed by atoms with Gasteiger partial charge in [0, 0.05) is 24.5 Å². The van der Waals surface area contributed by atoms with Crippen molar-refractivity contribution in [1.82, 2.24) is 14.9 Å². The fraction of sp³-hybridized carbons (Fsp3) is 0.480. The highest BCUT2D eigenvalue weighted by molar-refractivity contribution is 5.83. The summed E-state index contributed by atoms with van der Waals surface area (Å²) < 4.78 is 10.6. The first-order valence-electron chi connectivity index (χ1n) is 11.5. The fourth-order valence-electron chi connectivity index (χ4n) is 4.82. The summed E-state index contributed by atoms with van der Waals surface area (Å²) in [6.07, 6.45) is 7.84. The van der Waals surface area contributed by atoms with Gasteiger partial charge in [-0.25, -0.2) is 4.98 Å². The average Bonchev–Trinajstić information content (AvgIpc) is 3.35. The first-order chi connectivity index (χ1) is 16.0. The van der Waals surface area contributed by atoms with Crippen LogP contribution in [0.1, 0.15) is 43.2 Å². The zero-order valence-electron chi connectivity index (χ0n) is 18.9. The number of nitrogens with zero attached hydrogens (tertiary/aromatic N) is 3. The molecule has 2 N–H and O–H groups in total. The molecule has 8 heteroatoms. The molecule has 0 amide bonds. The molecule has 3 atom stereocenters. The molecule has 1 fully saturated rings. The van der Waals surface area contributed by atoms with Crippen molar-refractivity contribution in [3.8, 4) is 5.75 Å². The van der Waals surface area contributed by atoms with Crippen molar-refractivity contribution in [2.45, 2.75) is 38.2 Å². The highest BCUT2D eigenvalue weighted by Gasteiger charge is 2.34. The molecule has 1 unspecified atom stereocenters. The Morgan fingerprint density at radius 3 is 2.94 bits per heavy atom. The molecule has 0 spiro atoms. The van der Waals surface area contributed by atoms with Gasteiger partial charge in [0.2, 0.25) is 0 Å². The lowest BCUT2D eigenvalue weighted by Gasteiger charge is -2.37. The molecule has 1 aromatic carbocycles. The Balaban J connectivity index is 1.34. The number of benzene rings is 1. The van der Waals surface area contributed by atoms with E-state index in [0.29, 0.717) is 25.1 Å². The minimum atomic E-state index is -0.758. The molecule has 176 valence electrons. The smallest absolute Gasteiger partial charge is 0.308 e. The van der Waals surface area contributed by atoms with E-state index in [4.69, 9.17) is 9.15 Å². The van der Waals surface area contributed by atoms with E-state index >= 15 is 0 Å². The Hall–Kier alpha value is -2.97. The number of hydrogen-bond acceptors (Lipinski definition) is 7. The third-order valence-corrected chi connectivity index (χ3v) is 6.66. The van der Waals surface area contributed by atoms with E-state index in [1.165, 1.54) is 0 Å². The summed E-state index contributed by atoms with van der Waals surface area (Å²) in [7, 11) is 1.61. The Kier molecular flexibility index (Phi) is 7.57. The van der Waals surface area contributed by atoms with Gasteiger partial charge in [0.15, 0.2) is 5.89 Å². The zero-order chi connectivity index (χ0) is 23.2. The molecule has 2 aromatic heterocycles. The van der Waals surface area contributed by atoms with Crippen LogP contribution in [0.3, 0.4) is 0 Å². The molecule has 0 aliphatic carbocycles. The lowest BCUT2D eigenvalue weighted by Crippen LogP contribution is -2.44. The maximum Gasteiger partial charge on any atom is 0.308 e. The third kappa shape index (κ3) is 5.69. The number of aliphatic hydroxyl groups excluding tert-OH is 1. The molecule has 0 saturated carbocycles. The van der Waals surface area contributed by atoms with Crippen LogP contribution in [0.5, 0.6) is 5.75 Å². The highest BCUT2D eigenvalue weighted by atomic mass is 16.5. The van der Waals surface area contributed by atoms with Crippen molar-refractivity contribution in [2.75, 3.05) is 26.7 Å². The van der Waals surface area contributed by atoms with Gasteiger partial charge in [-0.15, -0.1) is 0 Å². The van der Waals surface area contributed by atoms with Gasteiger partial charge in [-0.2, -0.15) is 0 Å². The Morgan fingerprint density at radius 2 is 2.18 bits per heavy atom. The second kappa shape index (κ2) is 10.8. The molecule has 0 bridgehead atoms. The third-order valence-electron chi connectivity index (χ3n) is 6.66. The zero-order valence-corrected chi connectivity index (χ0v) is 18.9. The normalized spacial score (nSPS) is 20.1. The summed E-state index contributed by atoms with van der Waals surface area (Å²) in [6, 6.07) is 7.44. The van der Waals surface area contributed by atoms with Crippen molar-refractivity contribution in [3.63, 3.8) is 0 Å². The second-order valence-corrected chi connectivity index (χ2v) is 8.70. The number of rotatable bonds is 10. The standard InChI is InChI=1S/C25H31N3O5/c1-32-18-5-6-22-20(15-18)19(8-10-26-22)23(29)7-4-17-9-13-28(16-21(17)25(30)31)12-2-3-24-27-11-14-33-24/h5-6,8,10-11,14-15,17,21,23,29H,2-4,7,9,12-13,16H2,1H3,(H,30,31)/t17-,21+,23?/m1/s1. The van der Waals surface area contributed by atoms with E-state index in [1.54, 1.807) is 25.8 Å². The first-order valence-corrected chi connectivity index (χ1v) is 11.5. The molecule has 33 heavy (non-hydrogen) atoms.